The third-order valence-corrected chi connectivity index (χ3v) is 5.97. The minimum absolute atomic E-state index is 0.0295. The number of benzene rings is 2. The van der Waals surface area contributed by atoms with E-state index in [1.807, 2.05) is 34.1 Å². The molecular weight excluding hydrogens is 457 g/mol. The first-order valence-corrected chi connectivity index (χ1v) is 10.8. The third-order valence-electron chi connectivity index (χ3n) is 5.64. The lowest BCUT2D eigenvalue weighted by molar-refractivity contribution is -0.137. The Morgan fingerprint density at radius 3 is 2.36 bits per heavy atom. The number of hydrogen-bond donors (Lipinski definition) is 2. The number of rotatable bonds is 6. The van der Waals surface area contributed by atoms with Gasteiger partial charge in [-0.1, -0.05) is 29.8 Å². The van der Waals surface area contributed by atoms with Crippen molar-refractivity contribution in [1.82, 2.24) is 14.8 Å². The van der Waals surface area contributed by atoms with Gasteiger partial charge in [0.2, 0.25) is 5.91 Å². The highest BCUT2D eigenvalue weighted by Crippen LogP contribution is 2.36. The zero-order valence-corrected chi connectivity index (χ0v) is 18.3. The predicted octanol–water partition coefficient (Wildman–Crippen LogP) is 4.28. The number of aromatic nitrogens is 1. The summed E-state index contributed by atoms with van der Waals surface area (Å²) >= 11 is 5.61. The second-order valence-electron chi connectivity index (χ2n) is 7.96. The number of halogens is 4. The highest BCUT2D eigenvalue weighted by molar-refractivity contribution is 6.31. The van der Waals surface area contributed by atoms with Crippen molar-refractivity contribution in [2.24, 2.45) is 0 Å². The van der Waals surface area contributed by atoms with Crippen LogP contribution in [0, 0.1) is 0 Å². The van der Waals surface area contributed by atoms with E-state index in [-0.39, 0.29) is 24.6 Å². The molecule has 1 aromatic heterocycles. The molecule has 0 bridgehead atoms. The Morgan fingerprint density at radius 1 is 1.00 bits per heavy atom. The fourth-order valence-electron chi connectivity index (χ4n) is 3.92. The summed E-state index contributed by atoms with van der Waals surface area (Å²) in [5.74, 6) is -0.379. The van der Waals surface area contributed by atoms with Gasteiger partial charge in [-0.3, -0.25) is 19.4 Å². The Labute approximate surface area is 193 Å². The van der Waals surface area contributed by atoms with Crippen molar-refractivity contribution in [2.75, 3.05) is 44.6 Å². The summed E-state index contributed by atoms with van der Waals surface area (Å²) in [6.07, 6.45) is -2.87. The fourth-order valence-corrected chi connectivity index (χ4v) is 4.14. The summed E-state index contributed by atoms with van der Waals surface area (Å²) in [7, 11) is 0. The number of Topliss-reactive ketones (excluding diaryl/α,β-unsaturated/α-hetero) is 1. The molecule has 0 radical (unpaired) electrons. The summed E-state index contributed by atoms with van der Waals surface area (Å²) in [6, 6.07) is 10.9. The van der Waals surface area contributed by atoms with Crippen molar-refractivity contribution in [2.45, 2.75) is 6.18 Å². The number of carbonyl (C=O) groups excluding carboxylic acids is 2. The van der Waals surface area contributed by atoms with Gasteiger partial charge in [-0.15, -0.1) is 0 Å². The minimum Gasteiger partial charge on any atom is -0.360 e. The van der Waals surface area contributed by atoms with Crippen molar-refractivity contribution < 1.29 is 22.8 Å². The van der Waals surface area contributed by atoms with Crippen molar-refractivity contribution in [3.63, 3.8) is 0 Å². The van der Waals surface area contributed by atoms with Crippen LogP contribution < -0.4 is 5.32 Å². The van der Waals surface area contributed by atoms with E-state index in [4.69, 9.17) is 11.6 Å². The van der Waals surface area contributed by atoms with Crippen LogP contribution in [0.1, 0.15) is 15.9 Å². The highest BCUT2D eigenvalue weighted by Gasteiger charge is 2.33. The predicted molar refractivity (Wildman–Crippen MR) is 121 cm³/mol. The van der Waals surface area contributed by atoms with Crippen LogP contribution in [0.15, 0.2) is 48.7 Å². The average Bonchev–Trinajstić information content (AvgIpc) is 3.20. The van der Waals surface area contributed by atoms with Gasteiger partial charge in [0.05, 0.1) is 23.7 Å². The maximum absolute atomic E-state index is 13.0. The number of para-hydroxylation sites is 1. The number of fused-ring (bicyclic) bond motifs is 1. The monoisotopic (exact) mass is 478 g/mol. The van der Waals surface area contributed by atoms with Crippen LogP contribution in [0.5, 0.6) is 0 Å². The van der Waals surface area contributed by atoms with Crippen LogP contribution in [0.4, 0.5) is 18.9 Å². The van der Waals surface area contributed by atoms with Gasteiger partial charge >= 0.3 is 6.18 Å². The number of piperazine rings is 1. The lowest BCUT2D eigenvalue weighted by atomic mass is 10.1. The molecule has 3 aromatic rings. The van der Waals surface area contributed by atoms with Crippen LogP contribution in [0.2, 0.25) is 5.02 Å². The Hall–Kier alpha value is -2.88. The van der Waals surface area contributed by atoms with E-state index in [0.717, 1.165) is 23.0 Å². The van der Waals surface area contributed by atoms with E-state index >= 15 is 0 Å². The Bertz CT molecular complexity index is 1170. The van der Waals surface area contributed by atoms with Crippen LogP contribution in [0.25, 0.3) is 10.9 Å². The molecule has 0 unspecified atom stereocenters. The Kier molecular flexibility index (Phi) is 6.73. The number of carbonyl (C=O) groups is 2. The number of alkyl halides is 3. The van der Waals surface area contributed by atoms with Crippen LogP contribution in [0.3, 0.4) is 0 Å². The molecule has 0 aliphatic carbocycles. The third kappa shape index (κ3) is 5.55. The highest BCUT2D eigenvalue weighted by atomic mass is 35.5. The number of H-pyrrole nitrogens is 1. The number of ketones is 1. The van der Waals surface area contributed by atoms with Crippen LogP contribution >= 0.6 is 11.6 Å². The molecule has 0 saturated carbocycles. The summed E-state index contributed by atoms with van der Waals surface area (Å²) in [6.45, 7) is 2.70. The van der Waals surface area contributed by atoms with E-state index in [1.54, 1.807) is 6.20 Å². The Balaban J connectivity index is 1.27. The zero-order valence-electron chi connectivity index (χ0n) is 17.6. The van der Waals surface area contributed by atoms with Crippen LogP contribution in [-0.2, 0) is 11.0 Å². The molecule has 2 aromatic carbocycles. The lowest BCUT2D eigenvalue weighted by Gasteiger charge is -2.33. The smallest absolute Gasteiger partial charge is 0.360 e. The van der Waals surface area contributed by atoms with Crippen molar-refractivity contribution in [1.29, 1.82) is 0 Å². The number of nitrogens with zero attached hydrogens (tertiary/aromatic N) is 2. The number of hydrogen-bond acceptors (Lipinski definition) is 4. The molecule has 1 amide bonds. The van der Waals surface area contributed by atoms with Gasteiger partial charge in [-0.25, -0.2) is 0 Å². The molecule has 0 atom stereocenters. The summed E-state index contributed by atoms with van der Waals surface area (Å²) in [4.78, 5) is 32.1. The van der Waals surface area contributed by atoms with Gasteiger partial charge in [0.1, 0.15) is 0 Å². The van der Waals surface area contributed by atoms with Crippen molar-refractivity contribution in [3.05, 3.63) is 64.8 Å². The largest absolute Gasteiger partial charge is 0.417 e. The van der Waals surface area contributed by atoms with E-state index in [2.05, 4.69) is 10.3 Å². The topological polar surface area (TPSA) is 68.4 Å². The Morgan fingerprint density at radius 2 is 1.67 bits per heavy atom. The average molecular weight is 479 g/mol. The molecule has 1 aliphatic heterocycles. The zero-order chi connectivity index (χ0) is 23.6. The van der Waals surface area contributed by atoms with Gasteiger partial charge in [0.15, 0.2) is 5.78 Å². The first-order chi connectivity index (χ1) is 15.7. The standard InChI is InChI=1S/C23H22ClF3N4O2/c24-19-6-5-15(11-18(19)23(25,26)27)29-22(33)14-31-9-7-30(8-10-31)13-21(32)17-12-28-20-4-2-1-3-16(17)20/h1-6,11-12,28H,7-10,13-14H2,(H,29,33). The first kappa shape index (κ1) is 23.3. The van der Waals surface area contributed by atoms with Gasteiger partial charge in [-0.2, -0.15) is 13.2 Å². The molecule has 0 spiro atoms. The molecule has 1 aliphatic rings. The normalized spacial score (nSPS) is 15.6. The maximum Gasteiger partial charge on any atom is 0.417 e. The molecule has 33 heavy (non-hydrogen) atoms. The lowest BCUT2D eigenvalue weighted by Crippen LogP contribution is -2.49. The minimum atomic E-state index is -4.60. The molecular formula is C23H22ClF3N4O2. The first-order valence-electron chi connectivity index (χ1n) is 10.4. The van der Waals surface area contributed by atoms with Gasteiger partial charge in [0, 0.05) is 54.5 Å². The summed E-state index contributed by atoms with van der Waals surface area (Å²) < 4.78 is 39.0. The molecule has 1 fully saturated rings. The number of anilines is 1. The quantitative estimate of drug-likeness (QED) is 0.519. The molecule has 2 N–H and O–H groups in total. The van der Waals surface area contributed by atoms with Gasteiger partial charge in [0.25, 0.3) is 0 Å². The number of aromatic amines is 1. The van der Waals surface area contributed by atoms with Crippen molar-refractivity contribution >= 4 is 39.9 Å². The SMILES string of the molecule is O=C(CN1CCN(CC(=O)c2c[nH]c3ccccc23)CC1)Nc1ccc(Cl)c(C(F)(F)F)c1. The molecule has 1 saturated heterocycles. The summed E-state index contributed by atoms with van der Waals surface area (Å²) in [5.41, 5.74) is 0.628. The van der Waals surface area contributed by atoms with Crippen molar-refractivity contribution in [3.8, 4) is 0 Å². The van der Waals surface area contributed by atoms with E-state index < -0.39 is 22.7 Å². The van der Waals surface area contributed by atoms with E-state index in [1.165, 1.54) is 6.07 Å². The second-order valence-corrected chi connectivity index (χ2v) is 8.37. The van der Waals surface area contributed by atoms with E-state index in [0.29, 0.717) is 31.7 Å². The van der Waals surface area contributed by atoms with Gasteiger partial charge < -0.3 is 10.3 Å². The number of amides is 1. The van der Waals surface area contributed by atoms with Gasteiger partial charge in [-0.05, 0) is 24.3 Å². The molecule has 174 valence electrons. The molecule has 10 heteroatoms. The fraction of sp³-hybridized carbons (Fsp3) is 0.304. The second kappa shape index (κ2) is 9.54. The van der Waals surface area contributed by atoms with Crippen LogP contribution in [-0.4, -0.2) is 65.7 Å². The van der Waals surface area contributed by atoms with E-state index in [9.17, 15) is 22.8 Å². The molecule has 2 heterocycles. The maximum atomic E-state index is 13.0. The molecule has 4 rings (SSSR count). The number of nitrogens with one attached hydrogen (secondary N) is 2. The summed E-state index contributed by atoms with van der Waals surface area (Å²) in [5, 5.41) is 2.98. The molecule has 6 nitrogen and oxygen atoms in total.